The number of piperidine rings is 1. The second-order valence-corrected chi connectivity index (χ2v) is 6.22. The maximum atomic E-state index is 5.40. The van der Waals surface area contributed by atoms with Crippen molar-refractivity contribution in [2.45, 2.75) is 58.7 Å². The highest BCUT2D eigenvalue weighted by atomic mass is 16.5. The zero-order chi connectivity index (χ0) is 13.0. The second kappa shape index (κ2) is 5.85. The molecule has 2 rings (SSSR count). The molecule has 1 aliphatic heterocycles. The Kier molecular flexibility index (Phi) is 4.40. The third kappa shape index (κ3) is 4.42. The van der Waals surface area contributed by atoms with Crippen LogP contribution < -0.4 is 5.32 Å². The Bertz CT molecular complexity index is 361. The van der Waals surface area contributed by atoms with Crippen molar-refractivity contribution in [3.63, 3.8) is 0 Å². The van der Waals surface area contributed by atoms with Crippen LogP contribution in [0.25, 0.3) is 0 Å². The van der Waals surface area contributed by atoms with Crippen LogP contribution in [0.2, 0.25) is 0 Å². The fourth-order valence-electron chi connectivity index (χ4n) is 2.21. The van der Waals surface area contributed by atoms with Gasteiger partial charge in [-0.25, -0.2) is 0 Å². The third-order valence-corrected chi connectivity index (χ3v) is 3.24. The Morgan fingerprint density at radius 1 is 1.28 bits per heavy atom. The topological polar surface area (TPSA) is 41.3 Å². The van der Waals surface area contributed by atoms with Crippen LogP contribution in [0.15, 0.2) is 10.6 Å². The summed E-state index contributed by atoms with van der Waals surface area (Å²) in [5.74, 6) is 0.989. The fraction of sp³-hybridized carbons (Fsp3) is 0.786. The number of rotatable bonds is 4. The van der Waals surface area contributed by atoms with E-state index in [0.717, 1.165) is 24.5 Å². The molecular weight excluding hydrogens is 226 g/mol. The normalized spacial score (nSPS) is 18.2. The molecule has 0 bridgehead atoms. The first kappa shape index (κ1) is 13.6. The zero-order valence-corrected chi connectivity index (χ0v) is 11.8. The van der Waals surface area contributed by atoms with Crippen LogP contribution in [0.4, 0.5) is 0 Å². The summed E-state index contributed by atoms with van der Waals surface area (Å²) in [5.41, 5.74) is 1.11. The summed E-state index contributed by atoms with van der Waals surface area (Å²) in [6.07, 6.45) is 3.99. The van der Waals surface area contributed by atoms with E-state index < -0.39 is 0 Å². The largest absolute Gasteiger partial charge is 0.360 e. The lowest BCUT2D eigenvalue weighted by molar-refractivity contribution is 0.196. The first-order chi connectivity index (χ1) is 8.53. The van der Waals surface area contributed by atoms with E-state index >= 15 is 0 Å². The highest BCUT2D eigenvalue weighted by Crippen LogP contribution is 2.14. The highest BCUT2D eigenvalue weighted by Gasteiger charge is 2.14. The molecule has 0 saturated carbocycles. The molecule has 18 heavy (non-hydrogen) atoms. The van der Waals surface area contributed by atoms with Crippen LogP contribution in [0.5, 0.6) is 0 Å². The van der Waals surface area contributed by atoms with Crippen molar-refractivity contribution < 1.29 is 4.52 Å². The summed E-state index contributed by atoms with van der Waals surface area (Å²) in [6.45, 7) is 10.5. The van der Waals surface area contributed by atoms with E-state index in [1.54, 1.807) is 0 Å². The molecular formula is C14H25N3O. The Morgan fingerprint density at radius 3 is 2.67 bits per heavy atom. The minimum Gasteiger partial charge on any atom is -0.360 e. The quantitative estimate of drug-likeness (QED) is 0.893. The molecule has 1 aliphatic rings. The lowest BCUT2D eigenvalue weighted by atomic mass is 10.1. The summed E-state index contributed by atoms with van der Waals surface area (Å²) < 4.78 is 5.40. The summed E-state index contributed by atoms with van der Waals surface area (Å²) in [7, 11) is 0. The molecule has 4 heteroatoms. The van der Waals surface area contributed by atoms with Gasteiger partial charge in [-0.15, -0.1) is 0 Å². The van der Waals surface area contributed by atoms with E-state index in [1.165, 1.54) is 32.4 Å². The van der Waals surface area contributed by atoms with E-state index in [4.69, 9.17) is 4.52 Å². The Labute approximate surface area is 110 Å². The molecule has 0 aliphatic carbocycles. The lowest BCUT2D eigenvalue weighted by Crippen LogP contribution is -2.35. The lowest BCUT2D eigenvalue weighted by Gasteiger charge is -2.24. The van der Waals surface area contributed by atoms with Gasteiger partial charge in [-0.1, -0.05) is 11.6 Å². The van der Waals surface area contributed by atoms with Crippen molar-refractivity contribution in [3.8, 4) is 0 Å². The molecule has 0 spiro atoms. The van der Waals surface area contributed by atoms with Crippen LogP contribution >= 0.6 is 0 Å². The number of hydrogen-bond donors (Lipinski definition) is 1. The van der Waals surface area contributed by atoms with Crippen molar-refractivity contribution in [1.82, 2.24) is 15.4 Å². The first-order valence-corrected chi connectivity index (χ1v) is 6.95. The van der Waals surface area contributed by atoms with E-state index in [9.17, 15) is 0 Å². The molecule has 0 unspecified atom stereocenters. The summed E-state index contributed by atoms with van der Waals surface area (Å²) in [4.78, 5) is 2.45. The fourth-order valence-corrected chi connectivity index (χ4v) is 2.21. The minimum atomic E-state index is 0.117. The van der Waals surface area contributed by atoms with E-state index in [-0.39, 0.29) is 5.54 Å². The van der Waals surface area contributed by atoms with Crippen LogP contribution in [0.3, 0.4) is 0 Å². The molecule has 1 aromatic rings. The smallest absolute Gasteiger partial charge is 0.151 e. The number of hydrogen-bond acceptors (Lipinski definition) is 4. The molecule has 102 valence electrons. The molecule has 0 aromatic carbocycles. The van der Waals surface area contributed by atoms with Crippen molar-refractivity contribution >= 4 is 0 Å². The van der Waals surface area contributed by atoms with Gasteiger partial charge in [0, 0.05) is 18.2 Å². The van der Waals surface area contributed by atoms with Gasteiger partial charge in [0.1, 0.15) is 0 Å². The zero-order valence-electron chi connectivity index (χ0n) is 11.8. The van der Waals surface area contributed by atoms with Gasteiger partial charge >= 0.3 is 0 Å². The predicted molar refractivity (Wildman–Crippen MR) is 72.2 cm³/mol. The van der Waals surface area contributed by atoms with E-state index in [2.05, 4.69) is 42.2 Å². The number of aromatic nitrogens is 1. The summed E-state index contributed by atoms with van der Waals surface area (Å²) >= 11 is 0. The van der Waals surface area contributed by atoms with Gasteiger partial charge in [-0.2, -0.15) is 0 Å². The average Bonchev–Trinajstić information content (AvgIpc) is 2.75. The van der Waals surface area contributed by atoms with Crippen molar-refractivity contribution in [2.24, 2.45) is 0 Å². The van der Waals surface area contributed by atoms with Crippen molar-refractivity contribution in [2.75, 3.05) is 13.1 Å². The molecule has 2 heterocycles. The van der Waals surface area contributed by atoms with Crippen LogP contribution in [0, 0.1) is 0 Å². The molecule has 1 saturated heterocycles. The number of nitrogens with zero attached hydrogens (tertiary/aromatic N) is 2. The molecule has 0 atom stereocenters. The third-order valence-electron chi connectivity index (χ3n) is 3.24. The summed E-state index contributed by atoms with van der Waals surface area (Å²) in [6, 6.07) is 2.08. The standard InChI is InChI=1S/C14H25N3O/c1-14(2,3)15-10-12-9-13(18-16-12)11-17-7-5-4-6-8-17/h9,15H,4-8,10-11H2,1-3H3. The van der Waals surface area contributed by atoms with Crippen molar-refractivity contribution in [1.29, 1.82) is 0 Å². The van der Waals surface area contributed by atoms with Gasteiger partial charge in [0.25, 0.3) is 0 Å². The van der Waals surface area contributed by atoms with E-state index in [1.807, 2.05) is 0 Å². The maximum absolute atomic E-state index is 5.40. The molecule has 0 amide bonds. The molecule has 4 nitrogen and oxygen atoms in total. The SMILES string of the molecule is CC(C)(C)NCc1cc(CN2CCCCC2)on1. The first-order valence-electron chi connectivity index (χ1n) is 6.95. The van der Waals surface area contributed by atoms with Crippen LogP contribution in [0.1, 0.15) is 51.5 Å². The van der Waals surface area contributed by atoms with Gasteiger partial charge in [-0.3, -0.25) is 4.90 Å². The van der Waals surface area contributed by atoms with Gasteiger partial charge in [0.15, 0.2) is 5.76 Å². The molecule has 1 aromatic heterocycles. The Hall–Kier alpha value is -0.870. The van der Waals surface area contributed by atoms with Gasteiger partial charge < -0.3 is 9.84 Å². The van der Waals surface area contributed by atoms with Gasteiger partial charge in [0.2, 0.25) is 0 Å². The number of nitrogens with one attached hydrogen (secondary N) is 1. The van der Waals surface area contributed by atoms with Crippen LogP contribution in [-0.4, -0.2) is 28.7 Å². The molecule has 1 fully saturated rings. The van der Waals surface area contributed by atoms with Crippen LogP contribution in [-0.2, 0) is 13.1 Å². The Morgan fingerprint density at radius 2 is 2.00 bits per heavy atom. The second-order valence-electron chi connectivity index (χ2n) is 6.22. The van der Waals surface area contributed by atoms with Gasteiger partial charge in [-0.05, 0) is 46.7 Å². The monoisotopic (exact) mass is 251 g/mol. The Balaban J connectivity index is 1.82. The highest BCUT2D eigenvalue weighted by molar-refractivity contribution is 5.05. The van der Waals surface area contributed by atoms with Gasteiger partial charge in [0.05, 0.1) is 12.2 Å². The maximum Gasteiger partial charge on any atom is 0.151 e. The average molecular weight is 251 g/mol. The molecule has 1 N–H and O–H groups in total. The predicted octanol–water partition coefficient (Wildman–Crippen LogP) is 2.55. The number of likely N-dealkylation sites (tertiary alicyclic amines) is 1. The van der Waals surface area contributed by atoms with E-state index in [0.29, 0.717) is 0 Å². The molecule has 0 radical (unpaired) electrons. The minimum absolute atomic E-state index is 0.117. The summed E-state index contributed by atoms with van der Waals surface area (Å²) in [5, 5.41) is 7.54. The van der Waals surface area contributed by atoms with Crippen molar-refractivity contribution in [3.05, 3.63) is 17.5 Å².